The van der Waals surface area contributed by atoms with E-state index in [0.29, 0.717) is 30.0 Å². The second-order valence-corrected chi connectivity index (χ2v) is 10.7. The number of likely N-dealkylation sites (tertiary alicyclic amines) is 1. The van der Waals surface area contributed by atoms with E-state index in [2.05, 4.69) is 31.4 Å². The monoisotopic (exact) mass is 454 g/mol. The quantitative estimate of drug-likeness (QED) is 0.682. The van der Waals surface area contributed by atoms with Crippen molar-refractivity contribution in [3.63, 3.8) is 0 Å². The maximum atomic E-state index is 13.2. The number of amides is 5. The number of piperidine rings is 1. The van der Waals surface area contributed by atoms with Crippen LogP contribution < -0.4 is 10.6 Å². The van der Waals surface area contributed by atoms with Crippen molar-refractivity contribution in [1.29, 1.82) is 0 Å². The van der Waals surface area contributed by atoms with E-state index in [1.54, 1.807) is 24.3 Å². The van der Waals surface area contributed by atoms with Crippen molar-refractivity contribution < 1.29 is 19.2 Å². The number of benzene rings is 1. The molecule has 8 nitrogen and oxygen atoms in total. The summed E-state index contributed by atoms with van der Waals surface area (Å²) in [6, 6.07) is 6.28. The fourth-order valence-corrected chi connectivity index (χ4v) is 6.00. The Hall–Kier alpha value is -2.90. The molecule has 3 aliphatic rings. The zero-order valence-electron chi connectivity index (χ0n) is 19.8. The molecular formula is C25H34N4O4. The second-order valence-electron chi connectivity index (χ2n) is 10.7. The lowest BCUT2D eigenvalue weighted by Gasteiger charge is -2.43. The lowest BCUT2D eigenvalue weighted by Crippen LogP contribution is -2.54. The van der Waals surface area contributed by atoms with Crippen LogP contribution in [0.2, 0.25) is 0 Å². The van der Waals surface area contributed by atoms with Gasteiger partial charge < -0.3 is 15.5 Å². The first-order valence-corrected chi connectivity index (χ1v) is 11.9. The van der Waals surface area contributed by atoms with Crippen LogP contribution in [0.25, 0.3) is 0 Å². The summed E-state index contributed by atoms with van der Waals surface area (Å²) in [7, 11) is 0. The Balaban J connectivity index is 1.41. The van der Waals surface area contributed by atoms with E-state index >= 15 is 0 Å². The molecule has 4 rings (SSSR count). The summed E-state index contributed by atoms with van der Waals surface area (Å²) in [6.45, 7) is 7.45. The van der Waals surface area contributed by atoms with Gasteiger partial charge in [0.05, 0.1) is 0 Å². The summed E-state index contributed by atoms with van der Waals surface area (Å²) in [5.74, 6) is -0.541. The van der Waals surface area contributed by atoms with Crippen molar-refractivity contribution in [2.75, 3.05) is 25.0 Å². The van der Waals surface area contributed by atoms with Crippen LogP contribution in [-0.2, 0) is 9.59 Å². The molecule has 1 aliphatic carbocycles. The van der Waals surface area contributed by atoms with E-state index in [1.807, 2.05) is 4.90 Å². The molecule has 2 saturated heterocycles. The minimum atomic E-state index is -0.931. The molecule has 1 saturated carbocycles. The van der Waals surface area contributed by atoms with E-state index in [4.69, 9.17) is 0 Å². The number of anilines is 1. The highest BCUT2D eigenvalue weighted by molar-refractivity contribution is 6.10. The molecular weight excluding hydrogens is 420 g/mol. The molecule has 33 heavy (non-hydrogen) atoms. The van der Waals surface area contributed by atoms with E-state index in [9.17, 15) is 19.2 Å². The van der Waals surface area contributed by atoms with Crippen molar-refractivity contribution in [3.05, 3.63) is 29.8 Å². The summed E-state index contributed by atoms with van der Waals surface area (Å²) >= 11 is 0. The van der Waals surface area contributed by atoms with Gasteiger partial charge in [-0.2, -0.15) is 0 Å². The van der Waals surface area contributed by atoms with Gasteiger partial charge in [-0.15, -0.1) is 0 Å². The van der Waals surface area contributed by atoms with Gasteiger partial charge in [-0.3, -0.25) is 19.3 Å². The maximum Gasteiger partial charge on any atom is 0.325 e. The first-order chi connectivity index (χ1) is 15.6. The number of nitrogens with one attached hydrogen (secondary N) is 2. The Morgan fingerprint density at radius 3 is 2.55 bits per heavy atom. The smallest absolute Gasteiger partial charge is 0.325 e. The molecule has 1 aromatic rings. The van der Waals surface area contributed by atoms with E-state index in [1.165, 1.54) is 0 Å². The fourth-order valence-electron chi connectivity index (χ4n) is 6.00. The molecule has 2 aliphatic heterocycles. The largest absolute Gasteiger partial charge is 0.339 e. The second kappa shape index (κ2) is 8.80. The molecule has 2 heterocycles. The molecule has 3 fully saturated rings. The van der Waals surface area contributed by atoms with Crippen molar-refractivity contribution in [2.24, 2.45) is 11.3 Å². The third kappa shape index (κ3) is 4.89. The van der Waals surface area contributed by atoms with Crippen LogP contribution in [0.4, 0.5) is 10.5 Å². The Kier molecular flexibility index (Phi) is 6.20. The van der Waals surface area contributed by atoms with E-state index in [-0.39, 0.29) is 23.8 Å². The summed E-state index contributed by atoms with van der Waals surface area (Å²) < 4.78 is 0. The van der Waals surface area contributed by atoms with Gasteiger partial charge in [-0.25, -0.2) is 4.79 Å². The summed E-state index contributed by atoms with van der Waals surface area (Å²) in [6.07, 6.45) is 5.29. The first-order valence-electron chi connectivity index (χ1n) is 11.9. The molecule has 5 amide bonds. The summed E-state index contributed by atoms with van der Waals surface area (Å²) in [5.41, 5.74) is -0.0152. The van der Waals surface area contributed by atoms with Crippen molar-refractivity contribution in [3.8, 4) is 0 Å². The molecule has 0 bridgehead atoms. The molecule has 178 valence electrons. The van der Waals surface area contributed by atoms with Crippen LogP contribution in [0, 0.1) is 11.3 Å². The van der Waals surface area contributed by atoms with Crippen LogP contribution in [0.15, 0.2) is 24.3 Å². The Morgan fingerprint density at radius 1 is 1.12 bits per heavy atom. The lowest BCUT2D eigenvalue weighted by atomic mass is 9.64. The van der Waals surface area contributed by atoms with Gasteiger partial charge in [0.1, 0.15) is 12.1 Å². The molecule has 2 unspecified atom stereocenters. The highest BCUT2D eigenvalue weighted by Gasteiger charge is 2.56. The van der Waals surface area contributed by atoms with E-state index in [0.717, 1.165) is 43.7 Å². The topological polar surface area (TPSA) is 98.8 Å². The van der Waals surface area contributed by atoms with Crippen LogP contribution in [-0.4, -0.2) is 58.7 Å². The highest BCUT2D eigenvalue weighted by Crippen LogP contribution is 2.46. The molecule has 0 radical (unpaired) electrons. The third-order valence-corrected chi connectivity index (χ3v) is 6.96. The summed E-state index contributed by atoms with van der Waals surface area (Å²) in [5, 5.41) is 5.63. The number of carbonyl (C=O) groups excluding carboxylic acids is 4. The van der Waals surface area contributed by atoms with Gasteiger partial charge in [-0.1, -0.05) is 26.8 Å². The minimum absolute atomic E-state index is 0.0455. The van der Waals surface area contributed by atoms with Crippen molar-refractivity contribution >= 4 is 29.4 Å². The number of nitrogens with zero attached hydrogens (tertiary/aromatic N) is 2. The number of hydrogen-bond acceptors (Lipinski definition) is 4. The van der Waals surface area contributed by atoms with Crippen LogP contribution in [0.5, 0.6) is 0 Å². The lowest BCUT2D eigenvalue weighted by molar-refractivity contribution is -0.136. The van der Waals surface area contributed by atoms with Crippen molar-refractivity contribution in [2.45, 2.75) is 64.8 Å². The van der Waals surface area contributed by atoms with Gasteiger partial charge in [0.15, 0.2) is 0 Å². The van der Waals surface area contributed by atoms with Crippen molar-refractivity contribution in [1.82, 2.24) is 15.1 Å². The Labute approximate surface area is 195 Å². The number of carbonyl (C=O) groups is 4. The number of hydrogen-bond donors (Lipinski definition) is 2. The fraction of sp³-hybridized carbons (Fsp3) is 0.600. The normalized spacial score (nSPS) is 26.9. The molecule has 1 aromatic carbocycles. The van der Waals surface area contributed by atoms with Gasteiger partial charge in [0, 0.05) is 24.3 Å². The average molecular weight is 455 g/mol. The predicted octanol–water partition coefficient (Wildman–Crippen LogP) is 3.39. The van der Waals surface area contributed by atoms with Crippen LogP contribution in [0.3, 0.4) is 0 Å². The molecule has 2 atom stereocenters. The molecule has 0 aromatic heterocycles. The average Bonchev–Trinajstić information content (AvgIpc) is 2.95. The van der Waals surface area contributed by atoms with Crippen LogP contribution in [0.1, 0.15) is 69.7 Å². The van der Waals surface area contributed by atoms with Crippen LogP contribution >= 0.6 is 0 Å². The number of rotatable bonds is 4. The summed E-state index contributed by atoms with van der Waals surface area (Å²) in [4.78, 5) is 54.2. The molecule has 8 heteroatoms. The van der Waals surface area contributed by atoms with Gasteiger partial charge in [-0.05, 0) is 68.1 Å². The first kappa shape index (κ1) is 23.3. The third-order valence-electron chi connectivity index (χ3n) is 6.96. The SMILES string of the molecule is CC1CC(C)(C)CC2(C1)NC(=O)N(CC(=O)Nc1cccc(C(=O)N3CCCCC3)c1)C2=O. The van der Waals surface area contributed by atoms with Gasteiger partial charge in [0.2, 0.25) is 5.91 Å². The number of imide groups is 1. The molecule has 2 N–H and O–H groups in total. The number of urea groups is 1. The zero-order chi connectivity index (χ0) is 23.8. The molecule has 1 spiro atoms. The standard InChI is InChI=1S/C25H34N4O4/c1-17-13-24(2,3)16-25(14-17)22(32)29(23(33)27-25)15-20(30)26-19-9-7-8-18(12-19)21(31)28-10-5-4-6-11-28/h7-9,12,17H,4-6,10-11,13-16H2,1-3H3,(H,26,30)(H,27,33). The Bertz CT molecular complexity index is 969. The predicted molar refractivity (Wildman–Crippen MR) is 125 cm³/mol. The maximum absolute atomic E-state index is 13.2. The van der Waals surface area contributed by atoms with E-state index < -0.39 is 17.5 Å². The minimum Gasteiger partial charge on any atom is -0.339 e. The zero-order valence-corrected chi connectivity index (χ0v) is 19.8. The van der Waals surface area contributed by atoms with Gasteiger partial charge >= 0.3 is 6.03 Å². The Morgan fingerprint density at radius 2 is 1.85 bits per heavy atom. The van der Waals surface area contributed by atoms with Gasteiger partial charge in [0.25, 0.3) is 11.8 Å². The highest BCUT2D eigenvalue weighted by atomic mass is 16.2.